The Hall–Kier alpha value is -0.120. The summed E-state index contributed by atoms with van der Waals surface area (Å²) >= 11 is 0. The Kier molecular flexibility index (Phi) is 2.45. The SMILES string of the molecule is CN(N)C1CCCOC1. The molecule has 2 N–H and O–H groups in total. The molecule has 1 heterocycles. The van der Waals surface area contributed by atoms with Gasteiger partial charge in [-0.3, -0.25) is 5.84 Å². The van der Waals surface area contributed by atoms with Gasteiger partial charge < -0.3 is 4.74 Å². The number of rotatable bonds is 1. The molecule has 0 saturated carbocycles. The standard InChI is InChI=1S/C6H14N2O/c1-8(7)6-3-2-4-9-5-6/h6H,2-5,7H2,1H3. The smallest absolute Gasteiger partial charge is 0.0635 e. The fourth-order valence-corrected chi connectivity index (χ4v) is 1.04. The van der Waals surface area contributed by atoms with E-state index >= 15 is 0 Å². The van der Waals surface area contributed by atoms with Gasteiger partial charge in [-0.15, -0.1) is 0 Å². The molecule has 1 unspecified atom stereocenters. The van der Waals surface area contributed by atoms with Gasteiger partial charge in [0.15, 0.2) is 0 Å². The maximum Gasteiger partial charge on any atom is 0.0635 e. The van der Waals surface area contributed by atoms with E-state index in [1.165, 1.54) is 6.42 Å². The van der Waals surface area contributed by atoms with Gasteiger partial charge in [-0.05, 0) is 12.8 Å². The lowest BCUT2D eigenvalue weighted by atomic mass is 10.1. The van der Waals surface area contributed by atoms with Gasteiger partial charge in [0.25, 0.3) is 0 Å². The molecular formula is C6H14N2O. The van der Waals surface area contributed by atoms with Gasteiger partial charge in [0.05, 0.1) is 6.61 Å². The fourth-order valence-electron chi connectivity index (χ4n) is 1.04. The number of nitrogens with two attached hydrogens (primary N) is 1. The molecular weight excluding hydrogens is 116 g/mol. The quantitative estimate of drug-likeness (QED) is 0.400. The first-order valence-electron chi connectivity index (χ1n) is 3.36. The van der Waals surface area contributed by atoms with E-state index in [1.807, 2.05) is 7.05 Å². The van der Waals surface area contributed by atoms with Gasteiger partial charge in [-0.1, -0.05) is 0 Å². The van der Waals surface area contributed by atoms with Crippen LogP contribution in [0, 0.1) is 0 Å². The van der Waals surface area contributed by atoms with Gasteiger partial charge in [-0.25, -0.2) is 5.01 Å². The van der Waals surface area contributed by atoms with Crippen LogP contribution in [0.1, 0.15) is 12.8 Å². The summed E-state index contributed by atoms with van der Waals surface area (Å²) in [7, 11) is 1.89. The van der Waals surface area contributed by atoms with E-state index in [2.05, 4.69) is 0 Å². The summed E-state index contributed by atoms with van der Waals surface area (Å²) in [6, 6.07) is 0.443. The third-order valence-corrected chi connectivity index (χ3v) is 1.71. The van der Waals surface area contributed by atoms with Crippen molar-refractivity contribution < 1.29 is 4.74 Å². The van der Waals surface area contributed by atoms with Crippen molar-refractivity contribution in [1.29, 1.82) is 0 Å². The fraction of sp³-hybridized carbons (Fsp3) is 1.00. The van der Waals surface area contributed by atoms with E-state index in [9.17, 15) is 0 Å². The van der Waals surface area contributed by atoms with Crippen LogP contribution in [-0.4, -0.2) is 31.3 Å². The largest absolute Gasteiger partial charge is 0.380 e. The topological polar surface area (TPSA) is 38.5 Å². The average Bonchev–Trinajstić information content (AvgIpc) is 1.90. The highest BCUT2D eigenvalue weighted by molar-refractivity contribution is 4.67. The van der Waals surface area contributed by atoms with Crippen molar-refractivity contribution in [3.63, 3.8) is 0 Å². The van der Waals surface area contributed by atoms with Crippen LogP contribution < -0.4 is 5.84 Å². The van der Waals surface area contributed by atoms with E-state index in [-0.39, 0.29) is 0 Å². The maximum absolute atomic E-state index is 5.52. The van der Waals surface area contributed by atoms with E-state index in [4.69, 9.17) is 10.6 Å². The summed E-state index contributed by atoms with van der Waals surface area (Å²) in [5.41, 5.74) is 0. The van der Waals surface area contributed by atoms with E-state index in [0.717, 1.165) is 19.6 Å². The first-order valence-corrected chi connectivity index (χ1v) is 3.36. The Balaban J connectivity index is 2.23. The van der Waals surface area contributed by atoms with Crippen molar-refractivity contribution in [2.75, 3.05) is 20.3 Å². The molecule has 54 valence electrons. The lowest BCUT2D eigenvalue weighted by Crippen LogP contribution is -2.42. The van der Waals surface area contributed by atoms with Crippen LogP contribution >= 0.6 is 0 Å². The molecule has 1 atom stereocenters. The Morgan fingerprint density at radius 3 is 2.78 bits per heavy atom. The molecule has 0 bridgehead atoms. The summed E-state index contributed by atoms with van der Waals surface area (Å²) in [6.45, 7) is 1.71. The van der Waals surface area contributed by atoms with E-state index in [1.54, 1.807) is 5.01 Å². The molecule has 0 aromatic rings. The van der Waals surface area contributed by atoms with Crippen LogP contribution in [0.3, 0.4) is 0 Å². The van der Waals surface area contributed by atoms with E-state index < -0.39 is 0 Å². The summed E-state index contributed by atoms with van der Waals surface area (Å²) < 4.78 is 5.22. The van der Waals surface area contributed by atoms with Crippen LogP contribution in [0.4, 0.5) is 0 Å². The number of likely N-dealkylation sites (N-methyl/N-ethyl adjacent to an activating group) is 1. The Morgan fingerprint density at radius 2 is 2.44 bits per heavy atom. The van der Waals surface area contributed by atoms with Crippen molar-refractivity contribution in [1.82, 2.24) is 5.01 Å². The number of hydrazine groups is 1. The summed E-state index contributed by atoms with van der Waals surface area (Å²) in [5, 5.41) is 1.74. The number of hydrogen-bond acceptors (Lipinski definition) is 3. The first kappa shape index (κ1) is 6.99. The zero-order valence-corrected chi connectivity index (χ0v) is 5.84. The zero-order chi connectivity index (χ0) is 6.69. The van der Waals surface area contributed by atoms with Gasteiger partial charge in [0.2, 0.25) is 0 Å². The van der Waals surface area contributed by atoms with Crippen molar-refractivity contribution in [2.45, 2.75) is 18.9 Å². The third-order valence-electron chi connectivity index (χ3n) is 1.71. The minimum Gasteiger partial charge on any atom is -0.380 e. The summed E-state index contributed by atoms with van der Waals surface area (Å²) in [4.78, 5) is 0. The maximum atomic E-state index is 5.52. The van der Waals surface area contributed by atoms with Crippen molar-refractivity contribution >= 4 is 0 Å². The zero-order valence-electron chi connectivity index (χ0n) is 5.84. The number of nitrogens with zero attached hydrogens (tertiary/aromatic N) is 1. The lowest BCUT2D eigenvalue weighted by molar-refractivity contribution is 0.0276. The van der Waals surface area contributed by atoms with E-state index in [0.29, 0.717) is 6.04 Å². The Morgan fingerprint density at radius 1 is 1.67 bits per heavy atom. The van der Waals surface area contributed by atoms with Gasteiger partial charge in [0, 0.05) is 19.7 Å². The normalized spacial score (nSPS) is 29.0. The minimum absolute atomic E-state index is 0.443. The second-order valence-electron chi connectivity index (χ2n) is 2.54. The van der Waals surface area contributed by atoms with Crippen LogP contribution in [0.2, 0.25) is 0 Å². The third kappa shape index (κ3) is 1.93. The molecule has 0 amide bonds. The second-order valence-corrected chi connectivity index (χ2v) is 2.54. The highest BCUT2D eigenvalue weighted by Gasteiger charge is 2.15. The Labute approximate surface area is 55.7 Å². The summed E-state index contributed by atoms with van der Waals surface area (Å²) in [5.74, 6) is 5.52. The molecule has 0 spiro atoms. The molecule has 9 heavy (non-hydrogen) atoms. The molecule has 3 heteroatoms. The van der Waals surface area contributed by atoms with Crippen molar-refractivity contribution in [3.05, 3.63) is 0 Å². The second kappa shape index (κ2) is 3.15. The molecule has 1 aliphatic heterocycles. The molecule has 1 saturated heterocycles. The van der Waals surface area contributed by atoms with Crippen LogP contribution in [0.15, 0.2) is 0 Å². The molecule has 1 rings (SSSR count). The van der Waals surface area contributed by atoms with Crippen LogP contribution in [-0.2, 0) is 4.74 Å². The lowest BCUT2D eigenvalue weighted by Gasteiger charge is -2.27. The minimum atomic E-state index is 0.443. The molecule has 0 aromatic heterocycles. The highest BCUT2D eigenvalue weighted by atomic mass is 16.5. The van der Waals surface area contributed by atoms with Gasteiger partial charge >= 0.3 is 0 Å². The van der Waals surface area contributed by atoms with Crippen molar-refractivity contribution in [2.24, 2.45) is 5.84 Å². The predicted molar refractivity (Wildman–Crippen MR) is 35.8 cm³/mol. The molecule has 3 nitrogen and oxygen atoms in total. The van der Waals surface area contributed by atoms with Crippen molar-refractivity contribution in [3.8, 4) is 0 Å². The molecule has 0 aromatic carbocycles. The van der Waals surface area contributed by atoms with Crippen LogP contribution in [0.5, 0.6) is 0 Å². The average molecular weight is 130 g/mol. The summed E-state index contributed by atoms with van der Waals surface area (Å²) in [6.07, 6.45) is 2.32. The Bertz CT molecular complexity index is 79.1. The molecule has 1 fully saturated rings. The molecule has 0 aliphatic carbocycles. The first-order chi connectivity index (χ1) is 4.30. The number of hydrogen-bond donors (Lipinski definition) is 1. The number of ether oxygens (including phenoxy) is 1. The molecule has 1 aliphatic rings. The van der Waals surface area contributed by atoms with Gasteiger partial charge in [-0.2, -0.15) is 0 Å². The monoisotopic (exact) mass is 130 g/mol. The highest BCUT2D eigenvalue weighted by Crippen LogP contribution is 2.08. The van der Waals surface area contributed by atoms with Crippen LogP contribution in [0.25, 0.3) is 0 Å². The predicted octanol–water partition coefficient (Wildman–Crippen LogP) is -0.0291. The molecule has 0 radical (unpaired) electrons. The van der Waals surface area contributed by atoms with Gasteiger partial charge in [0.1, 0.15) is 0 Å².